The Morgan fingerprint density at radius 3 is 2.40 bits per heavy atom. The maximum Gasteiger partial charge on any atom is 0.394 e. The third-order valence-corrected chi connectivity index (χ3v) is 3.12. The van der Waals surface area contributed by atoms with Gasteiger partial charge in [-0.2, -0.15) is 18.3 Å². The molecule has 1 atom stereocenters. The van der Waals surface area contributed by atoms with Gasteiger partial charge in [-0.3, -0.25) is 4.79 Å². The molecule has 0 saturated carbocycles. The van der Waals surface area contributed by atoms with E-state index < -0.39 is 30.7 Å². The van der Waals surface area contributed by atoms with Crippen LogP contribution >= 0.6 is 0 Å². The lowest BCUT2D eigenvalue weighted by molar-refractivity contribution is -0.175. The largest absolute Gasteiger partial charge is 0.394 e. The van der Waals surface area contributed by atoms with Gasteiger partial charge in [0.1, 0.15) is 0 Å². The molecule has 1 aromatic rings. The standard InChI is InChI=1S/C12H19F3N4O/c1-3-18(4-2)10-5-11(20)19(17-7-10)8-9(6-16)12(13,14)15/h5,7,9H,3-4,6,8,16H2,1-2H3. The summed E-state index contributed by atoms with van der Waals surface area (Å²) in [5, 5.41) is 3.80. The minimum atomic E-state index is -4.44. The molecule has 0 radical (unpaired) electrons. The molecule has 0 aliphatic rings. The normalized spacial score (nSPS) is 13.3. The second-order valence-corrected chi connectivity index (χ2v) is 4.38. The zero-order chi connectivity index (χ0) is 15.3. The van der Waals surface area contributed by atoms with E-state index in [2.05, 4.69) is 5.10 Å². The second-order valence-electron chi connectivity index (χ2n) is 4.38. The Morgan fingerprint density at radius 1 is 1.40 bits per heavy atom. The molecule has 0 aliphatic heterocycles. The van der Waals surface area contributed by atoms with Crippen molar-refractivity contribution in [3.8, 4) is 0 Å². The first-order valence-corrected chi connectivity index (χ1v) is 6.42. The van der Waals surface area contributed by atoms with E-state index in [-0.39, 0.29) is 0 Å². The van der Waals surface area contributed by atoms with E-state index in [1.54, 1.807) is 0 Å². The maximum absolute atomic E-state index is 12.6. The predicted molar refractivity (Wildman–Crippen MR) is 70.7 cm³/mol. The van der Waals surface area contributed by atoms with Crippen molar-refractivity contribution >= 4 is 5.69 Å². The number of anilines is 1. The van der Waals surface area contributed by atoms with Gasteiger partial charge in [-0.25, -0.2) is 4.68 Å². The van der Waals surface area contributed by atoms with Crippen LogP contribution in [0.3, 0.4) is 0 Å². The summed E-state index contributed by atoms with van der Waals surface area (Å²) in [6.45, 7) is 4.09. The summed E-state index contributed by atoms with van der Waals surface area (Å²) >= 11 is 0. The summed E-state index contributed by atoms with van der Waals surface area (Å²) < 4.78 is 38.7. The van der Waals surface area contributed by atoms with Gasteiger partial charge < -0.3 is 10.6 Å². The molecule has 20 heavy (non-hydrogen) atoms. The Balaban J connectivity index is 2.97. The van der Waals surface area contributed by atoms with Crippen LogP contribution in [-0.4, -0.2) is 35.6 Å². The Bertz CT molecular complexity index is 482. The van der Waals surface area contributed by atoms with Gasteiger partial charge in [0.05, 0.1) is 24.3 Å². The van der Waals surface area contributed by atoms with Crippen molar-refractivity contribution in [2.24, 2.45) is 11.7 Å². The highest BCUT2D eigenvalue weighted by Gasteiger charge is 2.39. The average molecular weight is 292 g/mol. The first-order valence-electron chi connectivity index (χ1n) is 6.42. The lowest BCUT2D eigenvalue weighted by atomic mass is 10.1. The van der Waals surface area contributed by atoms with Crippen LogP contribution in [0, 0.1) is 5.92 Å². The van der Waals surface area contributed by atoms with Crippen LogP contribution < -0.4 is 16.2 Å². The lowest BCUT2D eigenvalue weighted by Gasteiger charge is -2.22. The van der Waals surface area contributed by atoms with E-state index in [1.807, 2.05) is 18.7 Å². The molecule has 0 amide bonds. The van der Waals surface area contributed by atoms with Gasteiger partial charge in [0, 0.05) is 25.7 Å². The van der Waals surface area contributed by atoms with Crippen molar-refractivity contribution in [1.29, 1.82) is 0 Å². The first kappa shape index (κ1) is 16.5. The Hall–Kier alpha value is -1.57. The number of nitrogens with two attached hydrogens (primary N) is 1. The van der Waals surface area contributed by atoms with Crippen LogP contribution in [0.25, 0.3) is 0 Å². The number of rotatable bonds is 6. The van der Waals surface area contributed by atoms with E-state index in [1.165, 1.54) is 12.3 Å². The van der Waals surface area contributed by atoms with Gasteiger partial charge >= 0.3 is 6.18 Å². The summed E-state index contributed by atoms with van der Waals surface area (Å²) in [5.74, 6) is -1.77. The lowest BCUT2D eigenvalue weighted by Crippen LogP contribution is -2.38. The van der Waals surface area contributed by atoms with E-state index in [0.29, 0.717) is 18.8 Å². The van der Waals surface area contributed by atoms with Crippen molar-refractivity contribution in [2.45, 2.75) is 26.6 Å². The molecule has 5 nitrogen and oxygen atoms in total. The van der Waals surface area contributed by atoms with Gasteiger partial charge in [0.25, 0.3) is 5.56 Å². The molecule has 0 fully saturated rings. The molecule has 1 heterocycles. The molecule has 2 N–H and O–H groups in total. The monoisotopic (exact) mass is 292 g/mol. The SMILES string of the molecule is CCN(CC)c1cnn(CC(CN)C(F)(F)F)c(=O)c1. The summed E-state index contributed by atoms with van der Waals surface area (Å²) in [6.07, 6.45) is -3.04. The molecular formula is C12H19F3N4O. The minimum Gasteiger partial charge on any atom is -0.371 e. The summed E-state index contributed by atoms with van der Waals surface area (Å²) in [7, 11) is 0. The Kier molecular flexibility index (Phi) is 5.55. The van der Waals surface area contributed by atoms with Crippen molar-refractivity contribution in [3.63, 3.8) is 0 Å². The van der Waals surface area contributed by atoms with E-state index in [9.17, 15) is 18.0 Å². The van der Waals surface area contributed by atoms with Crippen molar-refractivity contribution in [1.82, 2.24) is 9.78 Å². The zero-order valence-corrected chi connectivity index (χ0v) is 11.5. The highest BCUT2D eigenvalue weighted by molar-refractivity contribution is 5.42. The Morgan fingerprint density at radius 2 is 2.00 bits per heavy atom. The van der Waals surface area contributed by atoms with Crippen molar-refractivity contribution in [2.75, 3.05) is 24.5 Å². The number of halogens is 3. The quantitative estimate of drug-likeness (QED) is 0.856. The summed E-state index contributed by atoms with van der Waals surface area (Å²) in [5.41, 5.74) is 5.15. The Labute approximate surface area is 115 Å². The van der Waals surface area contributed by atoms with E-state index in [4.69, 9.17) is 5.73 Å². The number of aromatic nitrogens is 2. The summed E-state index contributed by atoms with van der Waals surface area (Å²) in [4.78, 5) is 13.7. The minimum absolute atomic E-state index is 0.558. The molecule has 1 rings (SSSR count). The van der Waals surface area contributed by atoms with Gasteiger partial charge in [-0.15, -0.1) is 0 Å². The summed E-state index contributed by atoms with van der Waals surface area (Å²) in [6, 6.07) is 1.30. The fraction of sp³-hybridized carbons (Fsp3) is 0.667. The highest BCUT2D eigenvalue weighted by atomic mass is 19.4. The molecule has 1 aromatic heterocycles. The maximum atomic E-state index is 12.6. The fourth-order valence-electron chi connectivity index (χ4n) is 1.84. The molecule has 0 saturated heterocycles. The molecule has 0 aliphatic carbocycles. The molecule has 1 unspecified atom stereocenters. The molecule has 0 bridgehead atoms. The second kappa shape index (κ2) is 6.74. The van der Waals surface area contributed by atoms with Gasteiger partial charge in [0.2, 0.25) is 0 Å². The van der Waals surface area contributed by atoms with Crippen LogP contribution in [0.4, 0.5) is 18.9 Å². The van der Waals surface area contributed by atoms with Crippen LogP contribution in [-0.2, 0) is 6.54 Å². The van der Waals surface area contributed by atoms with E-state index >= 15 is 0 Å². The molecule has 0 spiro atoms. The van der Waals surface area contributed by atoms with E-state index in [0.717, 1.165) is 4.68 Å². The zero-order valence-electron chi connectivity index (χ0n) is 11.5. The topological polar surface area (TPSA) is 64.2 Å². The van der Waals surface area contributed by atoms with Gasteiger partial charge in [0.15, 0.2) is 0 Å². The van der Waals surface area contributed by atoms with Crippen LogP contribution in [0.15, 0.2) is 17.1 Å². The third-order valence-electron chi connectivity index (χ3n) is 3.12. The molecule has 0 aromatic carbocycles. The number of hydrogen-bond acceptors (Lipinski definition) is 4. The predicted octanol–water partition coefficient (Wildman–Crippen LogP) is 1.23. The van der Waals surface area contributed by atoms with Gasteiger partial charge in [-0.1, -0.05) is 0 Å². The smallest absolute Gasteiger partial charge is 0.371 e. The van der Waals surface area contributed by atoms with Crippen molar-refractivity contribution in [3.05, 3.63) is 22.6 Å². The van der Waals surface area contributed by atoms with Gasteiger partial charge in [-0.05, 0) is 13.8 Å². The molecular weight excluding hydrogens is 273 g/mol. The van der Waals surface area contributed by atoms with Crippen molar-refractivity contribution < 1.29 is 13.2 Å². The number of nitrogens with zero attached hydrogens (tertiary/aromatic N) is 3. The number of hydrogen-bond donors (Lipinski definition) is 1. The molecule has 8 heteroatoms. The van der Waals surface area contributed by atoms with Crippen LogP contribution in [0.5, 0.6) is 0 Å². The third kappa shape index (κ3) is 3.96. The average Bonchev–Trinajstić information content (AvgIpc) is 2.37. The fourth-order valence-corrected chi connectivity index (χ4v) is 1.84. The van der Waals surface area contributed by atoms with Crippen LogP contribution in [0.2, 0.25) is 0 Å². The van der Waals surface area contributed by atoms with Crippen LogP contribution in [0.1, 0.15) is 13.8 Å². The number of alkyl halides is 3. The molecule has 114 valence electrons. The highest BCUT2D eigenvalue weighted by Crippen LogP contribution is 2.26. The first-order chi connectivity index (χ1) is 9.33.